The Morgan fingerprint density at radius 1 is 1.26 bits per heavy atom. The highest BCUT2D eigenvalue weighted by atomic mass is 16.2. The average molecular weight is 378 g/mol. The lowest BCUT2D eigenvalue weighted by atomic mass is 10.3. The van der Waals surface area contributed by atoms with E-state index in [-0.39, 0.29) is 30.7 Å². The zero-order valence-electron chi connectivity index (χ0n) is 14.6. The summed E-state index contributed by atoms with van der Waals surface area (Å²) in [7, 11) is 3.15. The van der Waals surface area contributed by atoms with Gasteiger partial charge in [0.25, 0.3) is 11.5 Å². The van der Waals surface area contributed by atoms with Crippen LogP contribution < -0.4 is 27.6 Å². The van der Waals surface area contributed by atoms with E-state index in [1.807, 2.05) is 0 Å². The van der Waals surface area contributed by atoms with E-state index in [9.17, 15) is 24.0 Å². The lowest BCUT2D eigenvalue weighted by Gasteiger charge is -2.14. The average Bonchev–Trinajstić information content (AvgIpc) is 3.10. The minimum Gasteiger partial charge on any atom is -0.352 e. The summed E-state index contributed by atoms with van der Waals surface area (Å²) in [5.41, 5.74) is 4.45. The van der Waals surface area contributed by atoms with Gasteiger partial charge in [-0.2, -0.15) is 0 Å². The zero-order chi connectivity index (χ0) is 19.9. The quantitative estimate of drug-likeness (QED) is 0.481. The van der Waals surface area contributed by atoms with Gasteiger partial charge in [-0.05, 0) is 6.42 Å². The van der Waals surface area contributed by atoms with Gasteiger partial charge in [0.2, 0.25) is 0 Å². The van der Waals surface area contributed by atoms with E-state index in [0.717, 1.165) is 9.47 Å². The maximum atomic E-state index is 12.6. The van der Waals surface area contributed by atoms with Gasteiger partial charge in [-0.25, -0.2) is 19.4 Å². The number of urea groups is 2. The van der Waals surface area contributed by atoms with Crippen molar-refractivity contribution < 1.29 is 14.4 Å². The van der Waals surface area contributed by atoms with Crippen LogP contribution in [0.25, 0.3) is 11.2 Å². The van der Waals surface area contributed by atoms with Crippen LogP contribution in [0.2, 0.25) is 0 Å². The summed E-state index contributed by atoms with van der Waals surface area (Å²) in [6.45, 7) is -0.0434. The van der Waals surface area contributed by atoms with Crippen molar-refractivity contribution in [2.75, 3.05) is 6.54 Å². The zero-order valence-corrected chi connectivity index (χ0v) is 14.6. The largest absolute Gasteiger partial charge is 0.352 e. The Morgan fingerprint density at radius 3 is 2.63 bits per heavy atom. The Kier molecular flexibility index (Phi) is 4.43. The van der Waals surface area contributed by atoms with Crippen LogP contribution in [-0.4, -0.2) is 54.3 Å². The number of carbonyl (C=O) groups excluding carboxylic acids is 3. The number of rotatable bonds is 5. The molecule has 2 aromatic rings. The molecule has 0 aliphatic carbocycles. The standard InChI is InChI=1S/C14H18N8O5/c1-19-6-16-9-7(19)10(23)22(14(27)20(9)2)5-3-4-21-11(24)8(17-12(15)25)18-13(21)26/h6,8H,3-5H2,1-2H3,(H,18,26)(H3,15,17,25). The number of fused-ring (bicyclic) bond motifs is 1. The molecule has 1 saturated heterocycles. The van der Waals surface area contributed by atoms with Crippen molar-refractivity contribution in [3.05, 3.63) is 27.2 Å². The number of nitrogens with one attached hydrogen (secondary N) is 2. The minimum absolute atomic E-state index is 0.00238. The Morgan fingerprint density at radius 2 is 1.96 bits per heavy atom. The number of imide groups is 1. The van der Waals surface area contributed by atoms with Crippen LogP contribution in [0, 0.1) is 0 Å². The van der Waals surface area contributed by atoms with Gasteiger partial charge >= 0.3 is 17.8 Å². The van der Waals surface area contributed by atoms with E-state index in [1.54, 1.807) is 7.05 Å². The second-order valence-electron chi connectivity index (χ2n) is 6.06. The van der Waals surface area contributed by atoms with Gasteiger partial charge in [-0.3, -0.25) is 23.6 Å². The third-order valence-electron chi connectivity index (χ3n) is 4.28. The van der Waals surface area contributed by atoms with Crippen LogP contribution in [0.1, 0.15) is 6.42 Å². The van der Waals surface area contributed by atoms with Crippen LogP contribution in [0.3, 0.4) is 0 Å². The van der Waals surface area contributed by atoms with E-state index in [0.29, 0.717) is 0 Å². The number of nitrogens with two attached hydrogens (primary N) is 1. The summed E-state index contributed by atoms with van der Waals surface area (Å²) < 4.78 is 3.81. The molecule has 0 spiro atoms. The summed E-state index contributed by atoms with van der Waals surface area (Å²) in [6.07, 6.45) is 0.381. The number of aryl methyl sites for hydroxylation is 2. The summed E-state index contributed by atoms with van der Waals surface area (Å²) >= 11 is 0. The molecule has 0 saturated carbocycles. The van der Waals surface area contributed by atoms with E-state index in [1.165, 1.54) is 22.5 Å². The second kappa shape index (κ2) is 6.59. The van der Waals surface area contributed by atoms with Gasteiger partial charge in [0, 0.05) is 27.2 Å². The van der Waals surface area contributed by atoms with Crippen LogP contribution in [0.4, 0.5) is 9.59 Å². The van der Waals surface area contributed by atoms with Gasteiger partial charge in [0.1, 0.15) is 0 Å². The van der Waals surface area contributed by atoms with Crippen LogP contribution in [0.5, 0.6) is 0 Å². The fourth-order valence-electron chi connectivity index (χ4n) is 2.95. The molecule has 1 atom stereocenters. The van der Waals surface area contributed by atoms with Gasteiger partial charge in [0.15, 0.2) is 17.3 Å². The molecule has 2 aromatic heterocycles. The van der Waals surface area contributed by atoms with Gasteiger partial charge in [-0.1, -0.05) is 0 Å². The van der Waals surface area contributed by atoms with Crippen molar-refractivity contribution in [3.8, 4) is 0 Å². The highest BCUT2D eigenvalue weighted by Crippen LogP contribution is 2.06. The second-order valence-corrected chi connectivity index (χ2v) is 6.06. The predicted octanol–water partition coefficient (Wildman–Crippen LogP) is -2.63. The smallest absolute Gasteiger partial charge is 0.332 e. The molecule has 13 nitrogen and oxygen atoms in total. The summed E-state index contributed by atoms with van der Waals surface area (Å²) in [5.74, 6) is -0.666. The maximum absolute atomic E-state index is 12.6. The number of hydrogen-bond donors (Lipinski definition) is 3. The first-order valence-corrected chi connectivity index (χ1v) is 8.01. The van der Waals surface area contributed by atoms with Crippen molar-refractivity contribution in [2.24, 2.45) is 19.8 Å². The Balaban J connectivity index is 1.77. The number of imidazole rings is 1. The first-order chi connectivity index (χ1) is 12.7. The maximum Gasteiger partial charge on any atom is 0.332 e. The molecular formula is C14H18N8O5. The fraction of sp³-hybridized carbons (Fsp3) is 0.429. The fourth-order valence-corrected chi connectivity index (χ4v) is 2.95. The normalized spacial score (nSPS) is 16.8. The van der Waals surface area contributed by atoms with Crippen molar-refractivity contribution in [3.63, 3.8) is 0 Å². The number of primary amides is 1. The number of hydrogen-bond acceptors (Lipinski definition) is 6. The van der Waals surface area contributed by atoms with Crippen LogP contribution in [-0.2, 0) is 25.4 Å². The third kappa shape index (κ3) is 3.02. The van der Waals surface area contributed by atoms with Crippen molar-refractivity contribution in [2.45, 2.75) is 19.1 Å². The summed E-state index contributed by atoms with van der Waals surface area (Å²) in [5, 5.41) is 4.38. The lowest BCUT2D eigenvalue weighted by Crippen LogP contribution is -2.48. The molecule has 0 aromatic carbocycles. The molecule has 3 heterocycles. The first-order valence-electron chi connectivity index (χ1n) is 8.01. The number of amides is 5. The SMILES string of the molecule is Cn1cnc2c1c(=O)n(CCCN1C(=O)NC(NC(N)=O)C1=O)c(=O)n2C. The van der Waals surface area contributed by atoms with Crippen LogP contribution >= 0.6 is 0 Å². The van der Waals surface area contributed by atoms with Crippen molar-refractivity contribution in [1.29, 1.82) is 0 Å². The van der Waals surface area contributed by atoms with Gasteiger partial charge in [0.05, 0.1) is 6.33 Å². The van der Waals surface area contributed by atoms with E-state index < -0.39 is 35.4 Å². The first kappa shape index (κ1) is 18.2. The Hall–Kier alpha value is -3.64. The molecule has 27 heavy (non-hydrogen) atoms. The Labute approximate surface area is 151 Å². The molecule has 13 heteroatoms. The summed E-state index contributed by atoms with van der Waals surface area (Å²) in [6, 6.07) is -1.64. The van der Waals surface area contributed by atoms with E-state index in [2.05, 4.69) is 15.6 Å². The monoisotopic (exact) mass is 378 g/mol. The molecule has 0 bridgehead atoms. The molecular weight excluding hydrogens is 360 g/mol. The minimum atomic E-state index is -1.23. The van der Waals surface area contributed by atoms with Crippen molar-refractivity contribution >= 4 is 29.1 Å². The molecule has 144 valence electrons. The molecule has 3 rings (SSSR count). The summed E-state index contributed by atoms with van der Waals surface area (Å²) in [4.78, 5) is 64.7. The molecule has 1 aliphatic heterocycles. The Bertz CT molecular complexity index is 1060. The highest BCUT2D eigenvalue weighted by Gasteiger charge is 2.38. The van der Waals surface area contributed by atoms with E-state index in [4.69, 9.17) is 5.73 Å². The molecule has 1 aliphatic rings. The third-order valence-corrected chi connectivity index (χ3v) is 4.28. The number of aromatic nitrogens is 4. The highest BCUT2D eigenvalue weighted by molar-refractivity contribution is 6.05. The van der Waals surface area contributed by atoms with Crippen LogP contribution in [0.15, 0.2) is 15.9 Å². The lowest BCUT2D eigenvalue weighted by molar-refractivity contribution is -0.127. The number of nitrogens with zero attached hydrogens (tertiary/aromatic N) is 5. The predicted molar refractivity (Wildman–Crippen MR) is 91.6 cm³/mol. The molecule has 1 fully saturated rings. The molecule has 1 unspecified atom stereocenters. The molecule has 5 amide bonds. The van der Waals surface area contributed by atoms with Gasteiger partial charge < -0.3 is 20.9 Å². The number of carbonyl (C=O) groups is 3. The molecule has 4 N–H and O–H groups in total. The van der Waals surface area contributed by atoms with E-state index >= 15 is 0 Å². The van der Waals surface area contributed by atoms with Crippen molar-refractivity contribution in [1.82, 2.24) is 34.2 Å². The molecule has 0 radical (unpaired) electrons. The topological polar surface area (TPSA) is 166 Å². The van der Waals surface area contributed by atoms with Gasteiger partial charge in [-0.15, -0.1) is 0 Å².